The topological polar surface area (TPSA) is 98.1 Å². The van der Waals surface area contributed by atoms with Crippen molar-refractivity contribution in [2.45, 2.75) is 25.3 Å². The number of carbonyl (C=O) groups is 2. The van der Waals surface area contributed by atoms with E-state index in [1.165, 1.54) is 28.8 Å². The van der Waals surface area contributed by atoms with Crippen molar-refractivity contribution in [1.82, 2.24) is 4.90 Å². The van der Waals surface area contributed by atoms with Gasteiger partial charge < -0.3 is 20.2 Å². The fourth-order valence-electron chi connectivity index (χ4n) is 2.36. The minimum absolute atomic E-state index is 0.0758. The van der Waals surface area contributed by atoms with Crippen molar-refractivity contribution in [3.05, 3.63) is 23.8 Å². The van der Waals surface area contributed by atoms with E-state index < -0.39 is 17.9 Å². The molecular formula is C14H17NO5S. The monoisotopic (exact) mass is 311 g/mol. The molecule has 1 amide bonds. The number of hydrogen-bond donors (Lipinski definition) is 3. The zero-order chi connectivity index (χ0) is 15.7. The van der Waals surface area contributed by atoms with Crippen LogP contribution in [0.25, 0.3) is 0 Å². The first-order chi connectivity index (χ1) is 9.81. The summed E-state index contributed by atoms with van der Waals surface area (Å²) in [6, 6.07) is 2.66. The molecule has 114 valence electrons. The van der Waals surface area contributed by atoms with E-state index in [-0.39, 0.29) is 28.4 Å². The maximum atomic E-state index is 12.6. The Morgan fingerprint density at radius 2 is 1.81 bits per heavy atom. The Balaban J connectivity index is 2.38. The number of benzene rings is 1. The quantitative estimate of drug-likeness (QED) is 0.786. The molecule has 3 N–H and O–H groups in total. The number of rotatable bonds is 3. The van der Waals surface area contributed by atoms with E-state index in [0.29, 0.717) is 5.75 Å². The molecule has 1 aliphatic rings. The summed E-state index contributed by atoms with van der Waals surface area (Å²) in [5.41, 5.74) is 0.0758. The van der Waals surface area contributed by atoms with Gasteiger partial charge in [-0.05, 0) is 18.1 Å². The molecule has 1 aromatic rings. The highest BCUT2D eigenvalue weighted by Gasteiger charge is 2.43. The number of carboxylic acid groups (broad SMARTS) is 1. The third kappa shape index (κ3) is 3.07. The Hall–Kier alpha value is -1.89. The van der Waals surface area contributed by atoms with Gasteiger partial charge in [-0.15, -0.1) is 11.8 Å². The van der Waals surface area contributed by atoms with E-state index in [0.717, 1.165) is 6.07 Å². The fraction of sp³-hybridized carbons (Fsp3) is 0.429. The summed E-state index contributed by atoms with van der Waals surface area (Å²) < 4.78 is 0. The Labute approximate surface area is 126 Å². The first kappa shape index (κ1) is 15.5. The second-order valence-electron chi connectivity index (χ2n) is 5.27. The standard InChI is InChI=1S/C14H17NO5S/c1-7(2)13-15(11(6-21-13)14(19)20)12(18)8-3-9(16)5-10(17)4-8/h3-5,7,11,13,16-17H,6H2,1-2H3,(H,19,20). The summed E-state index contributed by atoms with van der Waals surface area (Å²) in [5, 5.41) is 28.0. The third-order valence-electron chi connectivity index (χ3n) is 3.27. The molecule has 2 atom stereocenters. The van der Waals surface area contributed by atoms with Gasteiger partial charge in [0.15, 0.2) is 0 Å². The Morgan fingerprint density at radius 1 is 1.24 bits per heavy atom. The molecule has 1 heterocycles. The smallest absolute Gasteiger partial charge is 0.327 e. The molecule has 6 nitrogen and oxygen atoms in total. The van der Waals surface area contributed by atoms with E-state index in [2.05, 4.69) is 0 Å². The van der Waals surface area contributed by atoms with Crippen LogP contribution in [-0.2, 0) is 4.79 Å². The minimum atomic E-state index is -1.05. The van der Waals surface area contributed by atoms with Gasteiger partial charge in [-0.3, -0.25) is 4.79 Å². The van der Waals surface area contributed by atoms with Crippen LogP contribution in [0.2, 0.25) is 0 Å². The van der Waals surface area contributed by atoms with Gasteiger partial charge in [-0.1, -0.05) is 13.8 Å². The summed E-state index contributed by atoms with van der Waals surface area (Å²) in [6.07, 6.45) is 0. The lowest BCUT2D eigenvalue weighted by atomic mass is 10.1. The number of phenols is 2. The molecule has 0 saturated carbocycles. The van der Waals surface area contributed by atoms with Gasteiger partial charge in [0.25, 0.3) is 5.91 Å². The molecule has 21 heavy (non-hydrogen) atoms. The lowest BCUT2D eigenvalue weighted by molar-refractivity contribution is -0.141. The molecule has 0 bridgehead atoms. The van der Waals surface area contributed by atoms with Crippen molar-refractivity contribution in [1.29, 1.82) is 0 Å². The van der Waals surface area contributed by atoms with Crippen LogP contribution < -0.4 is 0 Å². The molecule has 2 unspecified atom stereocenters. The van der Waals surface area contributed by atoms with E-state index in [1.54, 1.807) is 0 Å². The first-order valence-corrected chi connectivity index (χ1v) is 7.56. The molecule has 0 aromatic heterocycles. The Morgan fingerprint density at radius 3 is 2.29 bits per heavy atom. The van der Waals surface area contributed by atoms with E-state index in [1.807, 2.05) is 13.8 Å². The third-order valence-corrected chi connectivity index (χ3v) is 4.90. The predicted molar refractivity (Wildman–Crippen MR) is 78.4 cm³/mol. The molecule has 0 spiro atoms. The Bertz CT molecular complexity index is 554. The van der Waals surface area contributed by atoms with Gasteiger partial charge in [0.2, 0.25) is 0 Å². The van der Waals surface area contributed by atoms with Crippen LogP contribution in [0.3, 0.4) is 0 Å². The SMILES string of the molecule is CC(C)C1SCC(C(=O)O)N1C(=O)c1cc(O)cc(O)c1. The molecule has 7 heteroatoms. The van der Waals surface area contributed by atoms with Crippen LogP contribution in [0, 0.1) is 5.92 Å². The number of phenolic OH excluding ortho intramolecular Hbond substituents is 2. The summed E-state index contributed by atoms with van der Waals surface area (Å²) in [5.74, 6) is -1.61. The largest absolute Gasteiger partial charge is 0.508 e. The molecule has 1 aromatic carbocycles. The maximum Gasteiger partial charge on any atom is 0.327 e. The number of nitrogens with zero attached hydrogens (tertiary/aromatic N) is 1. The average molecular weight is 311 g/mol. The van der Waals surface area contributed by atoms with Crippen LogP contribution in [0.1, 0.15) is 24.2 Å². The minimum Gasteiger partial charge on any atom is -0.508 e. The number of aliphatic carboxylic acids is 1. The molecule has 0 aliphatic carbocycles. The van der Waals surface area contributed by atoms with Crippen LogP contribution >= 0.6 is 11.8 Å². The predicted octanol–water partition coefficient (Wildman–Crippen LogP) is 1.72. The highest BCUT2D eigenvalue weighted by Crippen LogP contribution is 2.36. The van der Waals surface area contributed by atoms with Gasteiger partial charge in [0, 0.05) is 17.4 Å². The average Bonchev–Trinajstić information content (AvgIpc) is 2.81. The second-order valence-corrected chi connectivity index (χ2v) is 6.42. The van der Waals surface area contributed by atoms with E-state index >= 15 is 0 Å². The van der Waals surface area contributed by atoms with Crippen molar-refractivity contribution in [3.8, 4) is 11.5 Å². The van der Waals surface area contributed by atoms with Gasteiger partial charge in [-0.2, -0.15) is 0 Å². The van der Waals surface area contributed by atoms with Crippen molar-refractivity contribution in [2.24, 2.45) is 5.92 Å². The molecule has 1 saturated heterocycles. The molecule has 1 fully saturated rings. The van der Waals surface area contributed by atoms with E-state index in [4.69, 9.17) is 0 Å². The summed E-state index contributed by atoms with van der Waals surface area (Å²) in [7, 11) is 0. The number of aromatic hydroxyl groups is 2. The number of carboxylic acids is 1. The van der Waals surface area contributed by atoms with E-state index in [9.17, 15) is 24.9 Å². The van der Waals surface area contributed by atoms with Crippen molar-refractivity contribution < 1.29 is 24.9 Å². The van der Waals surface area contributed by atoms with Crippen molar-refractivity contribution >= 4 is 23.6 Å². The van der Waals surface area contributed by atoms with Crippen LogP contribution in [0.5, 0.6) is 11.5 Å². The Kier molecular flexibility index (Phi) is 4.32. The van der Waals surface area contributed by atoms with Gasteiger partial charge >= 0.3 is 5.97 Å². The molecule has 1 aliphatic heterocycles. The van der Waals surface area contributed by atoms with Crippen LogP contribution in [-0.4, -0.2) is 49.3 Å². The maximum absolute atomic E-state index is 12.6. The van der Waals surface area contributed by atoms with Crippen molar-refractivity contribution in [2.75, 3.05) is 5.75 Å². The summed E-state index contributed by atoms with van der Waals surface area (Å²) >= 11 is 1.43. The summed E-state index contributed by atoms with van der Waals surface area (Å²) in [4.78, 5) is 25.3. The fourth-order valence-corrected chi connectivity index (χ4v) is 3.83. The zero-order valence-electron chi connectivity index (χ0n) is 11.7. The zero-order valence-corrected chi connectivity index (χ0v) is 12.5. The molecular weight excluding hydrogens is 294 g/mol. The van der Waals surface area contributed by atoms with Gasteiger partial charge in [-0.25, -0.2) is 4.79 Å². The number of carbonyl (C=O) groups excluding carboxylic acids is 1. The number of hydrogen-bond acceptors (Lipinski definition) is 5. The first-order valence-electron chi connectivity index (χ1n) is 6.51. The van der Waals surface area contributed by atoms with Crippen LogP contribution in [0.4, 0.5) is 0 Å². The van der Waals surface area contributed by atoms with Gasteiger partial charge in [0.1, 0.15) is 17.5 Å². The second kappa shape index (κ2) is 5.85. The number of thioether (sulfide) groups is 1. The molecule has 2 rings (SSSR count). The highest BCUT2D eigenvalue weighted by atomic mass is 32.2. The normalized spacial score (nSPS) is 21.8. The van der Waals surface area contributed by atoms with Crippen LogP contribution in [0.15, 0.2) is 18.2 Å². The molecule has 0 radical (unpaired) electrons. The highest BCUT2D eigenvalue weighted by molar-refractivity contribution is 8.00. The number of amides is 1. The lowest BCUT2D eigenvalue weighted by Crippen LogP contribution is -2.47. The van der Waals surface area contributed by atoms with Gasteiger partial charge in [0.05, 0.1) is 5.37 Å². The van der Waals surface area contributed by atoms with Crippen molar-refractivity contribution in [3.63, 3.8) is 0 Å². The summed E-state index contributed by atoms with van der Waals surface area (Å²) in [6.45, 7) is 3.84. The lowest BCUT2D eigenvalue weighted by Gasteiger charge is -2.29.